The van der Waals surface area contributed by atoms with Crippen LogP contribution >= 0.6 is 0 Å². The lowest BCUT2D eigenvalue weighted by Crippen LogP contribution is -2.42. The van der Waals surface area contributed by atoms with Crippen molar-refractivity contribution in [3.63, 3.8) is 0 Å². The van der Waals surface area contributed by atoms with Crippen LogP contribution in [0.5, 0.6) is 0 Å². The number of hydrogen-bond acceptors (Lipinski definition) is 2. The third-order valence-corrected chi connectivity index (χ3v) is 4.13. The molecule has 25 heavy (non-hydrogen) atoms. The van der Waals surface area contributed by atoms with Gasteiger partial charge in [-0.25, -0.2) is 0 Å². The molecule has 0 radical (unpaired) electrons. The second kappa shape index (κ2) is 11.5. The van der Waals surface area contributed by atoms with E-state index >= 15 is 0 Å². The van der Waals surface area contributed by atoms with Crippen molar-refractivity contribution >= 4 is 11.9 Å². The Kier molecular flexibility index (Phi) is 9.66. The van der Waals surface area contributed by atoms with Gasteiger partial charge >= 0.3 is 0 Å². The molecule has 2 N–H and O–H groups in total. The van der Waals surface area contributed by atoms with E-state index in [0.29, 0.717) is 6.04 Å². The van der Waals surface area contributed by atoms with Gasteiger partial charge in [0.15, 0.2) is 5.96 Å². The molecule has 1 aromatic carbocycles. The highest BCUT2D eigenvalue weighted by molar-refractivity contribution is 5.94. The minimum Gasteiger partial charge on any atom is -0.356 e. The van der Waals surface area contributed by atoms with E-state index in [0.717, 1.165) is 36.5 Å². The number of benzene rings is 1. The van der Waals surface area contributed by atoms with Crippen molar-refractivity contribution in [1.82, 2.24) is 15.5 Å². The number of rotatable bonds is 9. The Morgan fingerprint density at radius 1 is 1.28 bits per heavy atom. The molecule has 1 aromatic rings. The molecule has 1 unspecified atom stereocenters. The minimum atomic E-state index is 0.0354. The molecule has 1 atom stereocenters. The van der Waals surface area contributed by atoms with Gasteiger partial charge < -0.3 is 15.5 Å². The first-order valence-electron chi connectivity index (χ1n) is 9.25. The standard InChI is InChI=1S/C20H34N4O/c1-6-7-8-10-16(2)23-20(21-3)22-14-13-17-11-9-12-18(15-17)19(25)24(4)5/h9,11-12,15-16H,6-8,10,13-14H2,1-5H3,(H2,21,22,23). The summed E-state index contributed by atoms with van der Waals surface area (Å²) in [5.74, 6) is 0.873. The van der Waals surface area contributed by atoms with Crippen LogP contribution in [-0.2, 0) is 6.42 Å². The maximum Gasteiger partial charge on any atom is 0.253 e. The van der Waals surface area contributed by atoms with E-state index < -0.39 is 0 Å². The predicted octanol–water partition coefficient (Wildman–Crippen LogP) is 3.06. The number of amides is 1. The molecule has 0 saturated heterocycles. The fraction of sp³-hybridized carbons (Fsp3) is 0.600. The van der Waals surface area contributed by atoms with Gasteiger partial charge in [-0.2, -0.15) is 0 Å². The molecule has 5 nitrogen and oxygen atoms in total. The lowest BCUT2D eigenvalue weighted by Gasteiger charge is -2.18. The smallest absolute Gasteiger partial charge is 0.253 e. The van der Waals surface area contributed by atoms with E-state index in [1.54, 1.807) is 26.0 Å². The Morgan fingerprint density at radius 2 is 2.04 bits per heavy atom. The van der Waals surface area contributed by atoms with Crippen molar-refractivity contribution in [2.75, 3.05) is 27.7 Å². The number of nitrogens with one attached hydrogen (secondary N) is 2. The van der Waals surface area contributed by atoms with Crippen LogP contribution in [0, 0.1) is 0 Å². The van der Waals surface area contributed by atoms with Crippen LogP contribution in [0.4, 0.5) is 0 Å². The summed E-state index contributed by atoms with van der Waals surface area (Å²) in [6.45, 7) is 5.19. The van der Waals surface area contributed by atoms with Crippen molar-refractivity contribution in [2.24, 2.45) is 4.99 Å². The summed E-state index contributed by atoms with van der Waals surface area (Å²) in [5.41, 5.74) is 1.88. The highest BCUT2D eigenvalue weighted by atomic mass is 16.2. The van der Waals surface area contributed by atoms with E-state index in [2.05, 4.69) is 35.5 Å². The molecule has 0 aliphatic heterocycles. The Hall–Kier alpha value is -2.04. The van der Waals surface area contributed by atoms with Crippen molar-refractivity contribution in [3.05, 3.63) is 35.4 Å². The summed E-state index contributed by atoms with van der Waals surface area (Å²) < 4.78 is 0. The summed E-state index contributed by atoms with van der Waals surface area (Å²) in [6, 6.07) is 8.23. The van der Waals surface area contributed by atoms with Crippen molar-refractivity contribution < 1.29 is 4.79 Å². The Balaban J connectivity index is 2.44. The lowest BCUT2D eigenvalue weighted by molar-refractivity contribution is 0.0827. The topological polar surface area (TPSA) is 56.7 Å². The first kappa shape index (κ1) is 21.0. The average molecular weight is 347 g/mol. The van der Waals surface area contributed by atoms with Gasteiger partial charge in [0.05, 0.1) is 0 Å². The average Bonchev–Trinajstić information content (AvgIpc) is 2.60. The van der Waals surface area contributed by atoms with Crippen molar-refractivity contribution in [3.8, 4) is 0 Å². The summed E-state index contributed by atoms with van der Waals surface area (Å²) in [7, 11) is 5.34. The maximum atomic E-state index is 12.0. The SMILES string of the molecule is CCCCCC(C)NC(=NC)NCCc1cccc(C(=O)N(C)C)c1. The number of unbranched alkanes of at least 4 members (excludes halogenated alkanes) is 2. The molecule has 0 aliphatic carbocycles. The van der Waals surface area contributed by atoms with Crippen LogP contribution in [0.15, 0.2) is 29.3 Å². The first-order valence-corrected chi connectivity index (χ1v) is 9.25. The van der Waals surface area contributed by atoms with E-state index in [4.69, 9.17) is 0 Å². The number of nitrogens with zero attached hydrogens (tertiary/aromatic N) is 2. The van der Waals surface area contributed by atoms with Crippen molar-refractivity contribution in [1.29, 1.82) is 0 Å². The molecule has 0 aliphatic rings. The molecule has 1 amide bonds. The molecular weight excluding hydrogens is 312 g/mol. The predicted molar refractivity (Wildman–Crippen MR) is 106 cm³/mol. The van der Waals surface area contributed by atoms with Gasteiger partial charge in [-0.1, -0.05) is 38.3 Å². The zero-order valence-corrected chi connectivity index (χ0v) is 16.4. The number of aliphatic imine (C=N–C) groups is 1. The molecule has 5 heteroatoms. The monoisotopic (exact) mass is 346 g/mol. The largest absolute Gasteiger partial charge is 0.356 e. The number of carbonyl (C=O) groups is 1. The van der Waals surface area contributed by atoms with Gasteiger partial charge in [0.1, 0.15) is 0 Å². The molecule has 0 heterocycles. The Labute approximate surface area is 152 Å². The zero-order valence-electron chi connectivity index (χ0n) is 16.4. The van der Waals surface area contributed by atoms with E-state index in [-0.39, 0.29) is 5.91 Å². The fourth-order valence-electron chi connectivity index (χ4n) is 2.64. The van der Waals surface area contributed by atoms with Crippen LogP contribution in [0.3, 0.4) is 0 Å². The van der Waals surface area contributed by atoms with Crippen LogP contribution in [0.2, 0.25) is 0 Å². The highest BCUT2D eigenvalue weighted by Gasteiger charge is 2.08. The Bertz CT molecular complexity index is 554. The van der Waals surface area contributed by atoms with E-state index in [1.165, 1.54) is 19.3 Å². The van der Waals surface area contributed by atoms with Crippen molar-refractivity contribution in [2.45, 2.75) is 52.0 Å². The quantitative estimate of drug-likeness (QED) is 0.410. The third kappa shape index (κ3) is 8.05. The molecule has 0 fully saturated rings. The van der Waals surface area contributed by atoms with Gasteiger partial charge in [-0.05, 0) is 37.5 Å². The Morgan fingerprint density at radius 3 is 2.68 bits per heavy atom. The number of guanidine groups is 1. The van der Waals surface area contributed by atoms with Gasteiger partial charge in [0.25, 0.3) is 5.91 Å². The van der Waals surface area contributed by atoms with Gasteiger partial charge in [0, 0.05) is 39.3 Å². The lowest BCUT2D eigenvalue weighted by atomic mass is 10.1. The van der Waals surface area contributed by atoms with Gasteiger partial charge in [-0.3, -0.25) is 9.79 Å². The number of hydrogen-bond donors (Lipinski definition) is 2. The van der Waals surface area contributed by atoms with Crippen LogP contribution in [-0.4, -0.2) is 50.5 Å². The number of carbonyl (C=O) groups excluding carboxylic acids is 1. The molecule has 0 spiro atoms. The van der Waals surface area contributed by atoms with Gasteiger partial charge in [-0.15, -0.1) is 0 Å². The second-order valence-electron chi connectivity index (χ2n) is 6.69. The second-order valence-corrected chi connectivity index (χ2v) is 6.69. The first-order chi connectivity index (χ1) is 12.0. The molecule has 0 saturated carbocycles. The molecule has 1 rings (SSSR count). The fourth-order valence-corrected chi connectivity index (χ4v) is 2.64. The highest BCUT2D eigenvalue weighted by Crippen LogP contribution is 2.08. The minimum absolute atomic E-state index is 0.0354. The third-order valence-electron chi connectivity index (χ3n) is 4.13. The van der Waals surface area contributed by atoms with Crippen LogP contribution in [0.25, 0.3) is 0 Å². The molecule has 140 valence electrons. The normalized spacial score (nSPS) is 12.6. The van der Waals surface area contributed by atoms with E-state index in [1.807, 2.05) is 18.2 Å². The van der Waals surface area contributed by atoms with Crippen LogP contribution in [0.1, 0.15) is 55.5 Å². The molecule has 0 bridgehead atoms. The summed E-state index contributed by atoms with van der Waals surface area (Å²) >= 11 is 0. The van der Waals surface area contributed by atoms with Gasteiger partial charge in [0.2, 0.25) is 0 Å². The zero-order chi connectivity index (χ0) is 18.7. The molecule has 0 aromatic heterocycles. The molecular formula is C20H34N4O. The summed E-state index contributed by atoms with van der Waals surface area (Å²) in [6.07, 6.45) is 5.77. The van der Waals surface area contributed by atoms with Crippen LogP contribution < -0.4 is 10.6 Å². The summed E-state index contributed by atoms with van der Waals surface area (Å²) in [5, 5.41) is 6.79. The van der Waals surface area contributed by atoms with E-state index in [9.17, 15) is 4.79 Å². The summed E-state index contributed by atoms with van der Waals surface area (Å²) in [4.78, 5) is 17.9. The maximum absolute atomic E-state index is 12.0.